The number of thiophene rings is 1. The third-order valence-corrected chi connectivity index (χ3v) is 6.84. The van der Waals surface area contributed by atoms with Gasteiger partial charge in [-0.05, 0) is 42.5 Å². The second-order valence-electron chi connectivity index (χ2n) is 6.94. The lowest BCUT2D eigenvalue weighted by Crippen LogP contribution is -2.43. The van der Waals surface area contributed by atoms with Gasteiger partial charge < -0.3 is 4.98 Å². The molecular weight excluding hydrogens is 427 g/mol. The zero-order valence-corrected chi connectivity index (χ0v) is 17.6. The number of H-pyrrole nitrogens is 1. The first kappa shape index (κ1) is 20.5. The molecule has 1 aliphatic rings. The van der Waals surface area contributed by atoms with E-state index in [-0.39, 0.29) is 29.5 Å². The van der Waals surface area contributed by atoms with Crippen molar-refractivity contribution in [3.05, 3.63) is 62.3 Å². The standard InChI is InChI=1S/C20H19FN4O3S2/c21-12-6-4-11(5-7-12)8-16(26)24-25-17(27)10-29-9-15-22-19(28)18-13-2-1-3-14(13)30-20(18)23-15/h4-7H,1-3,8-10H2,(H,24,26)(H,25,27)(H,22,23,28). The van der Waals surface area contributed by atoms with Crippen LogP contribution in [-0.2, 0) is 34.6 Å². The lowest BCUT2D eigenvalue weighted by molar-refractivity contribution is -0.127. The number of nitrogens with one attached hydrogen (secondary N) is 3. The summed E-state index contributed by atoms with van der Waals surface area (Å²) >= 11 is 2.87. The summed E-state index contributed by atoms with van der Waals surface area (Å²) in [5.74, 6) is -0.133. The Labute approximate surface area is 179 Å². The molecule has 3 aromatic rings. The molecule has 0 bridgehead atoms. The minimum Gasteiger partial charge on any atom is -0.309 e. The van der Waals surface area contributed by atoms with Crippen LogP contribution in [0, 0.1) is 5.82 Å². The number of thioether (sulfide) groups is 1. The topological polar surface area (TPSA) is 104 Å². The fourth-order valence-corrected chi connectivity index (χ4v) is 5.33. The van der Waals surface area contributed by atoms with Crippen molar-refractivity contribution < 1.29 is 14.0 Å². The third kappa shape index (κ3) is 4.71. The average molecular weight is 447 g/mol. The van der Waals surface area contributed by atoms with E-state index in [2.05, 4.69) is 20.8 Å². The van der Waals surface area contributed by atoms with E-state index in [0.717, 1.165) is 29.7 Å². The lowest BCUT2D eigenvalue weighted by Gasteiger charge is -2.07. The van der Waals surface area contributed by atoms with Crippen LogP contribution in [0.1, 0.15) is 28.2 Å². The van der Waals surface area contributed by atoms with Gasteiger partial charge in [0.15, 0.2) is 0 Å². The minimum atomic E-state index is -0.401. The van der Waals surface area contributed by atoms with Gasteiger partial charge in [0.05, 0.1) is 23.3 Å². The lowest BCUT2D eigenvalue weighted by atomic mass is 10.1. The smallest absolute Gasteiger partial charge is 0.259 e. The monoisotopic (exact) mass is 446 g/mol. The van der Waals surface area contributed by atoms with Crippen molar-refractivity contribution in [3.63, 3.8) is 0 Å². The number of rotatable bonds is 6. The first-order valence-electron chi connectivity index (χ1n) is 9.43. The number of carbonyl (C=O) groups is 2. The highest BCUT2D eigenvalue weighted by molar-refractivity contribution is 7.99. The number of aromatic nitrogens is 2. The van der Waals surface area contributed by atoms with Gasteiger partial charge in [0, 0.05) is 4.88 Å². The minimum absolute atomic E-state index is 0.0314. The molecule has 4 rings (SSSR count). The predicted molar refractivity (Wildman–Crippen MR) is 115 cm³/mol. The molecule has 0 radical (unpaired) electrons. The largest absolute Gasteiger partial charge is 0.309 e. The molecule has 0 atom stereocenters. The summed E-state index contributed by atoms with van der Waals surface area (Å²) in [5, 5.41) is 0.711. The van der Waals surface area contributed by atoms with Gasteiger partial charge in [0.1, 0.15) is 16.5 Å². The third-order valence-electron chi connectivity index (χ3n) is 4.72. The molecule has 1 aliphatic carbocycles. The van der Waals surface area contributed by atoms with E-state index >= 15 is 0 Å². The van der Waals surface area contributed by atoms with Gasteiger partial charge in [-0.2, -0.15) is 0 Å². The van der Waals surface area contributed by atoms with Crippen LogP contribution in [0.25, 0.3) is 10.2 Å². The Morgan fingerprint density at radius 1 is 1.17 bits per heavy atom. The van der Waals surface area contributed by atoms with Crippen molar-refractivity contribution in [1.82, 2.24) is 20.8 Å². The number of aryl methyl sites for hydroxylation is 2. The maximum atomic E-state index is 12.9. The number of fused-ring (bicyclic) bond motifs is 3. The van der Waals surface area contributed by atoms with Gasteiger partial charge in [-0.3, -0.25) is 25.2 Å². The Bertz CT molecular complexity index is 1160. The highest BCUT2D eigenvalue weighted by Crippen LogP contribution is 2.34. The van der Waals surface area contributed by atoms with Crippen molar-refractivity contribution in [2.24, 2.45) is 0 Å². The number of carbonyl (C=O) groups excluding carboxylic acids is 2. The Hall–Kier alpha value is -2.72. The molecule has 1 aromatic carbocycles. The molecule has 156 valence electrons. The molecule has 2 aromatic heterocycles. The van der Waals surface area contributed by atoms with E-state index in [1.807, 2.05) is 0 Å². The SMILES string of the molecule is O=C(CSCc1nc2sc3c(c2c(=O)[nH]1)CCC3)NNC(=O)Cc1ccc(F)cc1. The van der Waals surface area contributed by atoms with Crippen LogP contribution in [-0.4, -0.2) is 27.5 Å². The summed E-state index contributed by atoms with van der Waals surface area (Å²) in [7, 11) is 0. The molecule has 0 saturated carbocycles. The van der Waals surface area contributed by atoms with Crippen molar-refractivity contribution >= 4 is 45.1 Å². The molecule has 2 amide bonds. The summed E-state index contributed by atoms with van der Waals surface area (Å²) in [4.78, 5) is 45.5. The second kappa shape index (κ2) is 8.97. The van der Waals surface area contributed by atoms with Crippen molar-refractivity contribution in [1.29, 1.82) is 0 Å². The van der Waals surface area contributed by atoms with Crippen molar-refractivity contribution in [2.45, 2.75) is 31.4 Å². The molecule has 0 aliphatic heterocycles. The van der Waals surface area contributed by atoms with Gasteiger partial charge in [-0.25, -0.2) is 9.37 Å². The summed E-state index contributed by atoms with van der Waals surface area (Å²) < 4.78 is 12.9. The Morgan fingerprint density at radius 3 is 2.73 bits per heavy atom. The molecule has 0 spiro atoms. The van der Waals surface area contributed by atoms with Crippen LogP contribution in [0.4, 0.5) is 4.39 Å². The quantitative estimate of drug-likeness (QED) is 0.504. The van der Waals surface area contributed by atoms with E-state index in [1.54, 1.807) is 11.3 Å². The molecule has 30 heavy (non-hydrogen) atoms. The van der Waals surface area contributed by atoms with Crippen molar-refractivity contribution in [2.75, 3.05) is 5.75 Å². The first-order valence-corrected chi connectivity index (χ1v) is 11.4. The summed E-state index contributed by atoms with van der Waals surface area (Å²) in [6.45, 7) is 0. The van der Waals surface area contributed by atoms with E-state index in [9.17, 15) is 18.8 Å². The van der Waals surface area contributed by atoms with Crippen LogP contribution in [0.15, 0.2) is 29.1 Å². The predicted octanol–water partition coefficient (Wildman–Crippen LogP) is 2.24. The van der Waals surface area contributed by atoms with Crippen LogP contribution < -0.4 is 16.4 Å². The van der Waals surface area contributed by atoms with E-state index < -0.39 is 5.91 Å². The van der Waals surface area contributed by atoms with Gasteiger partial charge in [0.2, 0.25) is 11.8 Å². The van der Waals surface area contributed by atoms with Crippen molar-refractivity contribution in [3.8, 4) is 0 Å². The fourth-order valence-electron chi connectivity index (χ4n) is 3.36. The first-order chi connectivity index (χ1) is 14.5. The molecule has 2 heterocycles. The molecule has 0 unspecified atom stereocenters. The summed E-state index contributed by atoms with van der Waals surface area (Å²) in [6, 6.07) is 5.58. The Balaban J connectivity index is 1.24. The molecule has 3 N–H and O–H groups in total. The molecule has 7 nitrogen and oxygen atoms in total. The number of hydrogen-bond donors (Lipinski definition) is 3. The molecular formula is C20H19FN4O3S2. The van der Waals surface area contributed by atoms with Crippen LogP contribution in [0.5, 0.6) is 0 Å². The highest BCUT2D eigenvalue weighted by atomic mass is 32.2. The number of amides is 2. The second-order valence-corrected chi connectivity index (χ2v) is 9.01. The van der Waals surface area contributed by atoms with Gasteiger partial charge in [-0.15, -0.1) is 23.1 Å². The maximum Gasteiger partial charge on any atom is 0.259 e. The number of benzene rings is 1. The van der Waals surface area contributed by atoms with Gasteiger partial charge >= 0.3 is 0 Å². The van der Waals surface area contributed by atoms with Crippen LogP contribution in [0.3, 0.4) is 0 Å². The number of halogens is 1. The number of aromatic amines is 1. The molecule has 10 heteroatoms. The normalized spacial score (nSPS) is 12.7. The summed E-state index contributed by atoms with van der Waals surface area (Å²) in [5.41, 5.74) is 6.34. The number of hydrogen-bond acceptors (Lipinski definition) is 6. The Kier molecular flexibility index (Phi) is 6.14. The molecule has 0 fully saturated rings. The average Bonchev–Trinajstić information content (AvgIpc) is 3.29. The van der Waals surface area contributed by atoms with Gasteiger partial charge in [-0.1, -0.05) is 12.1 Å². The van der Waals surface area contributed by atoms with E-state index in [4.69, 9.17) is 0 Å². The van der Waals surface area contributed by atoms with E-state index in [1.165, 1.54) is 40.9 Å². The van der Waals surface area contributed by atoms with Crippen LogP contribution in [0.2, 0.25) is 0 Å². The summed E-state index contributed by atoms with van der Waals surface area (Å²) in [6.07, 6.45) is 3.06. The maximum absolute atomic E-state index is 12.9. The zero-order valence-electron chi connectivity index (χ0n) is 15.9. The highest BCUT2D eigenvalue weighted by Gasteiger charge is 2.21. The molecule has 0 saturated heterocycles. The van der Waals surface area contributed by atoms with E-state index in [0.29, 0.717) is 22.5 Å². The number of hydrazine groups is 1. The van der Waals surface area contributed by atoms with Gasteiger partial charge in [0.25, 0.3) is 5.56 Å². The zero-order chi connectivity index (χ0) is 21.1. The van der Waals surface area contributed by atoms with Crippen LogP contribution >= 0.6 is 23.1 Å². The fraction of sp³-hybridized carbons (Fsp3) is 0.300. The Morgan fingerprint density at radius 2 is 1.93 bits per heavy atom. The number of nitrogens with zero attached hydrogens (tertiary/aromatic N) is 1.